The number of aromatic nitrogens is 3. The first-order valence-electron chi connectivity index (χ1n) is 11.9. The lowest BCUT2D eigenvalue weighted by Crippen LogP contribution is -2.39. The number of piperidine rings is 1. The molecule has 0 unspecified atom stereocenters. The van der Waals surface area contributed by atoms with E-state index in [0.29, 0.717) is 11.6 Å². The Hall–Kier alpha value is -3.58. The molecular weight excluding hydrogens is 462 g/mol. The van der Waals surface area contributed by atoms with E-state index < -0.39 is 0 Å². The first-order chi connectivity index (χ1) is 17.0. The molecule has 1 N–H and O–H groups in total. The number of hydrogen-bond acceptors (Lipinski definition) is 5. The fraction of sp³-hybridized carbons (Fsp3) is 0.296. The lowest BCUT2D eigenvalue weighted by molar-refractivity contribution is -0.120. The second-order valence-electron chi connectivity index (χ2n) is 8.77. The molecule has 0 bridgehead atoms. The minimum absolute atomic E-state index is 0.0292. The number of nitrogens with zero attached hydrogens (tertiary/aromatic N) is 4. The van der Waals surface area contributed by atoms with Crippen LogP contribution in [0.5, 0.6) is 5.75 Å². The van der Waals surface area contributed by atoms with Crippen molar-refractivity contribution in [2.75, 3.05) is 29.9 Å². The third-order valence-electron chi connectivity index (χ3n) is 6.30. The Bertz CT molecular complexity index is 1330. The zero-order chi connectivity index (χ0) is 24.4. The largest absolute Gasteiger partial charge is 0.494 e. The Morgan fingerprint density at radius 2 is 1.80 bits per heavy atom. The van der Waals surface area contributed by atoms with Crippen molar-refractivity contribution in [3.05, 3.63) is 71.4 Å². The van der Waals surface area contributed by atoms with Gasteiger partial charge >= 0.3 is 0 Å². The van der Waals surface area contributed by atoms with Crippen molar-refractivity contribution in [3.8, 4) is 17.0 Å². The van der Waals surface area contributed by atoms with Crippen LogP contribution in [0.1, 0.15) is 25.5 Å². The molecule has 1 aliphatic rings. The molecule has 0 saturated carbocycles. The Morgan fingerprint density at radius 1 is 1.09 bits per heavy atom. The minimum Gasteiger partial charge on any atom is -0.494 e. The number of carbonyl (C=O) groups excluding carboxylic acids is 1. The van der Waals surface area contributed by atoms with Crippen molar-refractivity contribution in [2.45, 2.75) is 26.7 Å². The first-order valence-corrected chi connectivity index (χ1v) is 12.3. The predicted molar refractivity (Wildman–Crippen MR) is 139 cm³/mol. The summed E-state index contributed by atoms with van der Waals surface area (Å²) >= 11 is 6.04. The smallest absolute Gasteiger partial charge is 0.227 e. The average molecular weight is 490 g/mol. The maximum atomic E-state index is 12.9. The maximum Gasteiger partial charge on any atom is 0.227 e. The number of rotatable bonds is 6. The van der Waals surface area contributed by atoms with Crippen LogP contribution in [0.15, 0.2) is 60.7 Å². The highest BCUT2D eigenvalue weighted by molar-refractivity contribution is 6.30. The Morgan fingerprint density at radius 3 is 2.49 bits per heavy atom. The van der Waals surface area contributed by atoms with E-state index in [0.717, 1.165) is 65.8 Å². The normalized spacial score (nSPS) is 14.3. The number of anilines is 2. The highest BCUT2D eigenvalue weighted by atomic mass is 35.5. The number of aryl methyl sites for hydroxylation is 1. The zero-order valence-electron chi connectivity index (χ0n) is 19.9. The molecule has 5 rings (SSSR count). The van der Waals surface area contributed by atoms with Crippen LogP contribution in [0.3, 0.4) is 0 Å². The van der Waals surface area contributed by atoms with E-state index in [2.05, 4.69) is 21.3 Å². The average Bonchev–Trinajstić information content (AvgIpc) is 3.29. The van der Waals surface area contributed by atoms with E-state index in [-0.39, 0.29) is 11.8 Å². The molecule has 0 spiro atoms. The third kappa shape index (κ3) is 5.10. The SMILES string of the molecule is CCOc1ccc(NC(=O)C2CCN(c3cc(C)nc4cc(-c5ccc(Cl)cc5)nn34)CC2)cc1. The van der Waals surface area contributed by atoms with Gasteiger partial charge in [-0.1, -0.05) is 23.7 Å². The molecule has 180 valence electrons. The molecular formula is C27H28ClN5O2. The monoisotopic (exact) mass is 489 g/mol. The van der Waals surface area contributed by atoms with Gasteiger partial charge in [0.15, 0.2) is 5.65 Å². The van der Waals surface area contributed by atoms with Crippen LogP contribution in [0.4, 0.5) is 11.5 Å². The van der Waals surface area contributed by atoms with Crippen LogP contribution in [-0.4, -0.2) is 40.2 Å². The fourth-order valence-corrected chi connectivity index (χ4v) is 4.61. The second kappa shape index (κ2) is 9.96. The van der Waals surface area contributed by atoms with Crippen molar-refractivity contribution in [1.82, 2.24) is 14.6 Å². The lowest BCUT2D eigenvalue weighted by atomic mass is 9.95. The number of carbonyl (C=O) groups is 1. The van der Waals surface area contributed by atoms with Crippen LogP contribution in [0.2, 0.25) is 5.02 Å². The summed E-state index contributed by atoms with van der Waals surface area (Å²) in [6.45, 7) is 6.11. The summed E-state index contributed by atoms with van der Waals surface area (Å²) in [5.74, 6) is 1.83. The van der Waals surface area contributed by atoms with Gasteiger partial charge in [0.1, 0.15) is 11.6 Å². The molecule has 8 heteroatoms. The number of ether oxygens (including phenoxy) is 1. The molecule has 2 aromatic heterocycles. The number of benzene rings is 2. The summed E-state index contributed by atoms with van der Waals surface area (Å²) in [5.41, 5.74) is 4.38. The van der Waals surface area contributed by atoms with E-state index >= 15 is 0 Å². The molecule has 1 aliphatic heterocycles. The number of amides is 1. The van der Waals surface area contributed by atoms with Crippen molar-refractivity contribution in [3.63, 3.8) is 0 Å². The molecule has 0 atom stereocenters. The van der Waals surface area contributed by atoms with Gasteiger partial charge in [-0.2, -0.15) is 9.61 Å². The Kier molecular flexibility index (Phi) is 6.59. The van der Waals surface area contributed by atoms with Gasteiger partial charge in [0, 0.05) is 53.1 Å². The van der Waals surface area contributed by atoms with Gasteiger partial charge in [0.25, 0.3) is 0 Å². The first kappa shape index (κ1) is 23.2. The summed E-state index contributed by atoms with van der Waals surface area (Å²) in [6.07, 6.45) is 1.55. The van der Waals surface area contributed by atoms with E-state index in [1.165, 1.54) is 0 Å². The van der Waals surface area contributed by atoms with Gasteiger partial charge < -0.3 is 15.0 Å². The summed E-state index contributed by atoms with van der Waals surface area (Å²) in [7, 11) is 0. The molecule has 2 aromatic carbocycles. The van der Waals surface area contributed by atoms with Crippen molar-refractivity contribution >= 4 is 34.7 Å². The van der Waals surface area contributed by atoms with E-state index in [9.17, 15) is 4.79 Å². The summed E-state index contributed by atoms with van der Waals surface area (Å²) in [6, 6.07) is 19.2. The van der Waals surface area contributed by atoms with Gasteiger partial charge in [0.05, 0.1) is 12.3 Å². The summed E-state index contributed by atoms with van der Waals surface area (Å²) in [5, 5.41) is 8.58. The molecule has 0 radical (unpaired) electrons. The van der Waals surface area contributed by atoms with Crippen LogP contribution in [0, 0.1) is 12.8 Å². The van der Waals surface area contributed by atoms with Gasteiger partial charge in [-0.05, 0) is 63.1 Å². The molecule has 35 heavy (non-hydrogen) atoms. The highest BCUT2D eigenvalue weighted by Crippen LogP contribution is 2.28. The molecule has 1 fully saturated rings. The summed E-state index contributed by atoms with van der Waals surface area (Å²) in [4.78, 5) is 19.8. The number of halogens is 1. The number of hydrogen-bond donors (Lipinski definition) is 1. The quantitative estimate of drug-likeness (QED) is 0.381. The predicted octanol–water partition coefficient (Wildman–Crippen LogP) is 5.61. The van der Waals surface area contributed by atoms with Gasteiger partial charge in [0.2, 0.25) is 5.91 Å². The van der Waals surface area contributed by atoms with Crippen LogP contribution >= 0.6 is 11.6 Å². The molecule has 0 aliphatic carbocycles. The fourth-order valence-electron chi connectivity index (χ4n) is 4.48. The van der Waals surface area contributed by atoms with Crippen LogP contribution < -0.4 is 15.0 Å². The third-order valence-corrected chi connectivity index (χ3v) is 6.55. The van der Waals surface area contributed by atoms with Crippen molar-refractivity contribution in [2.24, 2.45) is 5.92 Å². The van der Waals surface area contributed by atoms with E-state index in [4.69, 9.17) is 21.4 Å². The molecule has 1 amide bonds. The van der Waals surface area contributed by atoms with Crippen LogP contribution in [-0.2, 0) is 4.79 Å². The van der Waals surface area contributed by atoms with Gasteiger partial charge in [-0.3, -0.25) is 4.79 Å². The molecule has 4 aromatic rings. The standard InChI is InChI=1S/C27H28ClN5O2/c1-3-35-23-10-8-22(9-11-23)30-27(34)20-12-14-32(15-13-20)26-16-18(2)29-25-17-24(31-33(25)26)19-4-6-21(28)7-5-19/h4-11,16-17,20H,3,12-15H2,1-2H3,(H,30,34). The Balaban J connectivity index is 1.28. The second-order valence-corrected chi connectivity index (χ2v) is 9.21. The van der Waals surface area contributed by atoms with E-state index in [1.54, 1.807) is 0 Å². The summed E-state index contributed by atoms with van der Waals surface area (Å²) < 4.78 is 7.37. The minimum atomic E-state index is -0.0292. The van der Waals surface area contributed by atoms with E-state index in [1.807, 2.05) is 73.0 Å². The molecule has 3 heterocycles. The zero-order valence-corrected chi connectivity index (χ0v) is 20.6. The Labute approximate surface area is 209 Å². The molecule has 7 nitrogen and oxygen atoms in total. The topological polar surface area (TPSA) is 71.8 Å². The number of fused-ring (bicyclic) bond motifs is 1. The van der Waals surface area contributed by atoms with Crippen molar-refractivity contribution in [1.29, 1.82) is 0 Å². The van der Waals surface area contributed by atoms with Gasteiger partial charge in [-0.15, -0.1) is 0 Å². The molecule has 1 saturated heterocycles. The lowest BCUT2D eigenvalue weighted by Gasteiger charge is -2.33. The highest BCUT2D eigenvalue weighted by Gasteiger charge is 2.27. The maximum absolute atomic E-state index is 12.9. The van der Waals surface area contributed by atoms with Crippen LogP contribution in [0.25, 0.3) is 16.9 Å². The number of nitrogens with one attached hydrogen (secondary N) is 1. The van der Waals surface area contributed by atoms with Gasteiger partial charge in [-0.25, -0.2) is 4.98 Å². The van der Waals surface area contributed by atoms with Crippen molar-refractivity contribution < 1.29 is 9.53 Å².